The minimum atomic E-state index is -0.143. The number of fused-ring (bicyclic) bond motifs is 4. The van der Waals surface area contributed by atoms with Gasteiger partial charge in [-0.2, -0.15) is 0 Å². The van der Waals surface area contributed by atoms with Crippen LogP contribution in [-0.2, 0) is 16.8 Å². The van der Waals surface area contributed by atoms with Gasteiger partial charge in [-0.1, -0.05) is 37.4 Å². The van der Waals surface area contributed by atoms with Crippen LogP contribution in [-0.4, -0.2) is 30.2 Å². The van der Waals surface area contributed by atoms with Crippen LogP contribution in [0.2, 0.25) is 5.02 Å². The summed E-state index contributed by atoms with van der Waals surface area (Å²) in [6.45, 7) is 11.1. The van der Waals surface area contributed by atoms with Gasteiger partial charge in [-0.15, -0.1) is 0 Å². The van der Waals surface area contributed by atoms with Crippen molar-refractivity contribution in [1.82, 2.24) is 10.2 Å². The molecule has 5 nitrogen and oxygen atoms in total. The number of rotatable bonds is 2. The summed E-state index contributed by atoms with van der Waals surface area (Å²) in [7, 11) is 0. The van der Waals surface area contributed by atoms with Gasteiger partial charge in [0.15, 0.2) is 0 Å². The number of halogens is 1. The molecular weight excluding hydrogens is 386 g/mol. The summed E-state index contributed by atoms with van der Waals surface area (Å²) in [6, 6.07) is 4.18. The topological polar surface area (TPSA) is 49.7 Å². The van der Waals surface area contributed by atoms with E-state index < -0.39 is 0 Å². The number of hydrogen-bond acceptors (Lipinski definition) is 5. The molecule has 2 fully saturated rings. The Labute approximate surface area is 177 Å². The highest BCUT2D eigenvalue weighted by Crippen LogP contribution is 2.49. The lowest BCUT2D eigenvalue weighted by molar-refractivity contribution is -0.0717. The predicted molar refractivity (Wildman–Crippen MR) is 117 cm³/mol. The van der Waals surface area contributed by atoms with Crippen molar-refractivity contribution in [3.63, 3.8) is 0 Å². The van der Waals surface area contributed by atoms with Crippen LogP contribution in [0.4, 0.5) is 5.69 Å². The molecule has 2 atom stereocenters. The predicted octanol–water partition coefficient (Wildman–Crippen LogP) is 5.34. The van der Waals surface area contributed by atoms with E-state index in [1.165, 1.54) is 24.8 Å². The summed E-state index contributed by atoms with van der Waals surface area (Å²) < 4.78 is 12.4. The van der Waals surface area contributed by atoms with Crippen molar-refractivity contribution in [2.24, 2.45) is 0 Å². The molecule has 156 valence electrons. The van der Waals surface area contributed by atoms with Gasteiger partial charge in [0.05, 0.1) is 40.8 Å². The standard InChI is InChI=1S/C23H30ClN3O2/c1-14-11-27(12-15(2)28-14)13-18-9-17-10-19(24)21-20(22(17)29-18)23(26-16(3)25-21)7-5-4-6-8-23/h9-10,14-15,25-26H,3-8,11-13H2,1-2H3/t14-,15+. The molecule has 1 aliphatic carbocycles. The SMILES string of the molecule is C=C1Nc2c(Cl)cc3cc(CN4C[C@@H](C)O[C@@H](C)C4)oc3c2C2(CCCCC2)N1. The zero-order chi connectivity index (χ0) is 20.2. The zero-order valence-electron chi connectivity index (χ0n) is 17.3. The molecule has 5 rings (SSSR count). The Kier molecular flexibility index (Phi) is 4.80. The van der Waals surface area contributed by atoms with Crippen LogP contribution in [0.25, 0.3) is 11.0 Å². The first-order valence-corrected chi connectivity index (χ1v) is 11.2. The molecule has 1 spiro atoms. The van der Waals surface area contributed by atoms with E-state index in [2.05, 4.69) is 42.0 Å². The molecule has 2 N–H and O–H groups in total. The smallest absolute Gasteiger partial charge is 0.142 e. The minimum absolute atomic E-state index is 0.143. The maximum Gasteiger partial charge on any atom is 0.142 e. The Morgan fingerprint density at radius 2 is 1.90 bits per heavy atom. The molecule has 1 saturated heterocycles. The third-order valence-electron chi connectivity index (χ3n) is 6.54. The van der Waals surface area contributed by atoms with E-state index in [4.69, 9.17) is 20.8 Å². The highest BCUT2D eigenvalue weighted by atomic mass is 35.5. The Morgan fingerprint density at radius 3 is 2.62 bits per heavy atom. The number of morpholine rings is 1. The largest absolute Gasteiger partial charge is 0.459 e. The molecule has 3 heterocycles. The normalized spacial score (nSPS) is 26.9. The lowest BCUT2D eigenvalue weighted by Gasteiger charge is -2.44. The molecule has 2 aromatic rings. The molecular formula is C23H30ClN3O2. The molecule has 0 radical (unpaired) electrons. The van der Waals surface area contributed by atoms with Gasteiger partial charge in [0.1, 0.15) is 11.3 Å². The fourth-order valence-corrected chi connectivity index (χ4v) is 5.82. The molecule has 3 aliphatic rings. The third-order valence-corrected chi connectivity index (χ3v) is 6.83. The van der Waals surface area contributed by atoms with Gasteiger partial charge in [-0.25, -0.2) is 0 Å². The van der Waals surface area contributed by atoms with E-state index in [9.17, 15) is 0 Å². The van der Waals surface area contributed by atoms with Crippen LogP contribution >= 0.6 is 11.6 Å². The van der Waals surface area contributed by atoms with Crippen molar-refractivity contribution in [3.05, 3.63) is 40.9 Å². The van der Waals surface area contributed by atoms with Crippen LogP contribution in [0, 0.1) is 0 Å². The number of ether oxygens (including phenoxy) is 1. The monoisotopic (exact) mass is 415 g/mol. The molecule has 0 bridgehead atoms. The summed E-state index contributed by atoms with van der Waals surface area (Å²) in [6.07, 6.45) is 6.31. The van der Waals surface area contributed by atoms with Crippen molar-refractivity contribution in [1.29, 1.82) is 0 Å². The lowest BCUT2D eigenvalue weighted by Crippen LogP contribution is -2.48. The van der Waals surface area contributed by atoms with E-state index in [-0.39, 0.29) is 17.7 Å². The minimum Gasteiger partial charge on any atom is -0.459 e. The van der Waals surface area contributed by atoms with E-state index in [1.807, 2.05) is 6.07 Å². The second kappa shape index (κ2) is 7.22. The maximum absolute atomic E-state index is 6.73. The molecule has 1 aromatic carbocycles. The quantitative estimate of drug-likeness (QED) is 0.693. The molecule has 6 heteroatoms. The maximum atomic E-state index is 6.73. The fraction of sp³-hybridized carbons (Fsp3) is 0.565. The molecule has 0 unspecified atom stereocenters. The van der Waals surface area contributed by atoms with E-state index in [0.717, 1.165) is 65.7 Å². The molecule has 1 aromatic heterocycles. The van der Waals surface area contributed by atoms with Crippen LogP contribution in [0.15, 0.2) is 28.9 Å². The number of nitrogens with one attached hydrogen (secondary N) is 2. The molecule has 1 saturated carbocycles. The molecule has 29 heavy (non-hydrogen) atoms. The second-order valence-electron chi connectivity index (χ2n) is 9.06. The first-order chi connectivity index (χ1) is 13.9. The van der Waals surface area contributed by atoms with Crippen LogP contribution in [0.5, 0.6) is 0 Å². The van der Waals surface area contributed by atoms with Crippen molar-refractivity contribution in [2.45, 2.75) is 70.2 Å². The summed E-state index contributed by atoms with van der Waals surface area (Å²) >= 11 is 6.73. The van der Waals surface area contributed by atoms with E-state index in [0.29, 0.717) is 0 Å². The Morgan fingerprint density at radius 1 is 1.17 bits per heavy atom. The average molecular weight is 416 g/mol. The van der Waals surface area contributed by atoms with Gasteiger partial charge in [-0.05, 0) is 38.8 Å². The Balaban J connectivity index is 1.56. The van der Waals surface area contributed by atoms with Crippen molar-refractivity contribution in [2.75, 3.05) is 18.4 Å². The van der Waals surface area contributed by atoms with Gasteiger partial charge in [0, 0.05) is 24.0 Å². The average Bonchev–Trinajstić information content (AvgIpc) is 3.03. The van der Waals surface area contributed by atoms with Crippen molar-refractivity contribution >= 4 is 28.3 Å². The number of anilines is 1. The first-order valence-electron chi connectivity index (χ1n) is 10.8. The van der Waals surface area contributed by atoms with Gasteiger partial charge in [-0.3, -0.25) is 4.90 Å². The third kappa shape index (κ3) is 3.43. The number of nitrogens with zero attached hydrogens (tertiary/aromatic N) is 1. The first kappa shape index (κ1) is 19.3. The lowest BCUT2D eigenvalue weighted by atomic mass is 9.74. The zero-order valence-corrected chi connectivity index (χ0v) is 18.1. The highest BCUT2D eigenvalue weighted by Gasteiger charge is 2.42. The van der Waals surface area contributed by atoms with E-state index >= 15 is 0 Å². The Bertz CT molecular complexity index is 937. The van der Waals surface area contributed by atoms with Gasteiger partial charge >= 0.3 is 0 Å². The van der Waals surface area contributed by atoms with Crippen molar-refractivity contribution < 1.29 is 9.15 Å². The number of furan rings is 1. The summed E-state index contributed by atoms with van der Waals surface area (Å²) in [5.41, 5.74) is 2.96. The van der Waals surface area contributed by atoms with Crippen LogP contribution < -0.4 is 10.6 Å². The van der Waals surface area contributed by atoms with Gasteiger partial charge in [0.2, 0.25) is 0 Å². The molecule has 2 aliphatic heterocycles. The highest BCUT2D eigenvalue weighted by molar-refractivity contribution is 6.34. The van der Waals surface area contributed by atoms with Crippen LogP contribution in [0.3, 0.4) is 0 Å². The van der Waals surface area contributed by atoms with Gasteiger partial charge in [0.25, 0.3) is 0 Å². The summed E-state index contributed by atoms with van der Waals surface area (Å²) in [4.78, 5) is 2.42. The van der Waals surface area contributed by atoms with Crippen LogP contribution in [0.1, 0.15) is 57.3 Å². The molecule has 0 amide bonds. The van der Waals surface area contributed by atoms with Crippen molar-refractivity contribution in [3.8, 4) is 0 Å². The van der Waals surface area contributed by atoms with E-state index in [1.54, 1.807) is 0 Å². The second-order valence-corrected chi connectivity index (χ2v) is 9.47. The summed E-state index contributed by atoms with van der Waals surface area (Å²) in [5, 5.41) is 8.85. The van der Waals surface area contributed by atoms with Gasteiger partial charge < -0.3 is 19.8 Å². The number of benzene rings is 1. The fourth-order valence-electron chi connectivity index (χ4n) is 5.56. The number of hydrogen-bond donors (Lipinski definition) is 2. The Hall–Kier alpha value is -1.69. The summed E-state index contributed by atoms with van der Waals surface area (Å²) in [5.74, 6) is 1.81.